The maximum absolute atomic E-state index is 13.4. The molecule has 2 aromatic rings. The zero-order valence-electron chi connectivity index (χ0n) is 10.5. The lowest BCUT2D eigenvalue weighted by atomic mass is 10.3. The van der Waals surface area contributed by atoms with Crippen molar-refractivity contribution in [3.63, 3.8) is 0 Å². The summed E-state index contributed by atoms with van der Waals surface area (Å²) in [6.45, 7) is 0. The van der Waals surface area contributed by atoms with Gasteiger partial charge in [-0.15, -0.1) is 11.3 Å². The fraction of sp³-hybridized carbons (Fsp3) is 0.0909. The Bertz CT molecular complexity index is 791. The van der Waals surface area contributed by atoms with Gasteiger partial charge in [0, 0.05) is 0 Å². The second kappa shape index (κ2) is 6.08. The summed E-state index contributed by atoms with van der Waals surface area (Å²) in [5.41, 5.74) is 0.927. The van der Waals surface area contributed by atoms with Crippen molar-refractivity contribution in [1.29, 1.82) is 0 Å². The van der Waals surface area contributed by atoms with Crippen molar-refractivity contribution in [3.8, 4) is 0 Å². The average Bonchev–Trinajstić information content (AvgIpc) is 2.92. The zero-order chi connectivity index (χ0) is 15.6. The number of hydrogen-bond acceptors (Lipinski definition) is 6. The molecule has 0 aliphatic rings. The van der Waals surface area contributed by atoms with Gasteiger partial charge in [-0.25, -0.2) is 22.6 Å². The van der Waals surface area contributed by atoms with Crippen LogP contribution >= 0.6 is 27.3 Å². The first kappa shape index (κ1) is 15.9. The van der Waals surface area contributed by atoms with E-state index in [0.717, 1.165) is 24.5 Å². The number of halogens is 2. The van der Waals surface area contributed by atoms with E-state index in [1.165, 1.54) is 17.6 Å². The third-order valence-electron chi connectivity index (χ3n) is 2.33. The number of anilines is 1. The predicted octanol–water partition coefficient (Wildman–Crippen LogP) is 2.63. The number of aromatic nitrogens is 1. The van der Waals surface area contributed by atoms with Gasteiger partial charge in [0.15, 0.2) is 9.90 Å². The minimum absolute atomic E-state index is 0.0277. The lowest BCUT2D eigenvalue weighted by Gasteiger charge is -2.07. The highest BCUT2D eigenvalue weighted by Gasteiger charge is 2.26. The van der Waals surface area contributed by atoms with Gasteiger partial charge in [0.2, 0.25) is 0 Å². The highest BCUT2D eigenvalue weighted by molar-refractivity contribution is 9.10. The molecule has 0 amide bonds. The molecule has 1 heterocycles. The van der Waals surface area contributed by atoms with E-state index in [1.54, 1.807) is 0 Å². The summed E-state index contributed by atoms with van der Waals surface area (Å²) in [5.74, 6) is -1.48. The Morgan fingerprint density at radius 1 is 1.48 bits per heavy atom. The molecule has 10 heteroatoms. The number of ether oxygens (including phenoxy) is 1. The molecule has 2 rings (SSSR count). The third kappa shape index (κ3) is 3.39. The summed E-state index contributed by atoms with van der Waals surface area (Å²) < 4.78 is 44.4. The second-order valence-corrected chi connectivity index (χ2v) is 7.30. The molecule has 0 unspecified atom stereocenters. The van der Waals surface area contributed by atoms with Crippen LogP contribution in [0.1, 0.15) is 10.5 Å². The maximum atomic E-state index is 13.4. The topological polar surface area (TPSA) is 85.4 Å². The minimum atomic E-state index is -4.06. The van der Waals surface area contributed by atoms with E-state index >= 15 is 0 Å². The molecule has 0 fully saturated rings. The highest BCUT2D eigenvalue weighted by atomic mass is 79.9. The summed E-state index contributed by atoms with van der Waals surface area (Å²) in [6, 6.07) is 3.76. The number of rotatable bonds is 4. The molecule has 0 bridgehead atoms. The normalized spacial score (nSPS) is 11.2. The van der Waals surface area contributed by atoms with Crippen molar-refractivity contribution in [2.75, 3.05) is 11.8 Å². The molecule has 0 saturated carbocycles. The summed E-state index contributed by atoms with van der Waals surface area (Å²) in [4.78, 5) is 15.1. The van der Waals surface area contributed by atoms with E-state index in [9.17, 15) is 17.6 Å². The number of carbonyl (C=O) groups excluding carboxylic acids is 1. The van der Waals surface area contributed by atoms with Gasteiger partial charge in [-0.05, 0) is 34.1 Å². The standard InChI is InChI=1S/C11H8BrFN2O4S2/c1-19-10(16)9-11(20-5-14-9)21(17,18)15-6-2-3-7(12)8(13)4-6/h2-5,15H,1H3. The van der Waals surface area contributed by atoms with Gasteiger partial charge in [-0.2, -0.15) is 0 Å². The van der Waals surface area contributed by atoms with Crippen LogP contribution in [0, 0.1) is 5.82 Å². The molecule has 0 aliphatic carbocycles. The fourth-order valence-electron chi connectivity index (χ4n) is 1.42. The van der Waals surface area contributed by atoms with Gasteiger partial charge in [-0.1, -0.05) is 0 Å². The van der Waals surface area contributed by atoms with Crippen LogP contribution in [0.4, 0.5) is 10.1 Å². The van der Waals surface area contributed by atoms with Crippen LogP contribution in [0.3, 0.4) is 0 Å². The Morgan fingerprint density at radius 3 is 2.81 bits per heavy atom. The first-order valence-corrected chi connectivity index (χ1v) is 8.50. The quantitative estimate of drug-likeness (QED) is 0.805. The number of nitrogens with one attached hydrogen (secondary N) is 1. The molecule has 1 aromatic heterocycles. The minimum Gasteiger partial charge on any atom is -0.464 e. The molecular formula is C11H8BrFN2O4S2. The van der Waals surface area contributed by atoms with Crippen LogP contribution < -0.4 is 4.72 Å². The van der Waals surface area contributed by atoms with E-state index in [1.807, 2.05) is 0 Å². The van der Waals surface area contributed by atoms with Crippen LogP contribution in [-0.2, 0) is 14.8 Å². The van der Waals surface area contributed by atoms with Gasteiger partial charge < -0.3 is 4.74 Å². The number of nitrogens with zero attached hydrogens (tertiary/aromatic N) is 1. The summed E-state index contributed by atoms with van der Waals surface area (Å²) in [7, 11) is -2.94. The van der Waals surface area contributed by atoms with Crippen molar-refractivity contribution in [3.05, 3.63) is 39.7 Å². The SMILES string of the molecule is COC(=O)c1ncsc1S(=O)(=O)Nc1ccc(Br)c(F)c1. The van der Waals surface area contributed by atoms with Gasteiger partial charge in [0.25, 0.3) is 10.0 Å². The third-order valence-corrected chi connectivity index (χ3v) is 5.72. The fourth-order valence-corrected chi connectivity index (χ4v) is 3.85. The number of thiazole rings is 1. The van der Waals surface area contributed by atoms with Crippen molar-refractivity contribution >= 4 is 48.9 Å². The van der Waals surface area contributed by atoms with Crippen LogP contribution in [-0.4, -0.2) is 26.5 Å². The average molecular weight is 395 g/mol. The van der Waals surface area contributed by atoms with Crippen LogP contribution in [0.25, 0.3) is 0 Å². The molecular weight excluding hydrogens is 387 g/mol. The van der Waals surface area contributed by atoms with Crippen molar-refractivity contribution < 1.29 is 22.3 Å². The molecule has 6 nitrogen and oxygen atoms in total. The van der Waals surface area contributed by atoms with E-state index in [4.69, 9.17) is 0 Å². The number of carbonyl (C=O) groups is 1. The monoisotopic (exact) mass is 394 g/mol. The van der Waals surface area contributed by atoms with Crippen molar-refractivity contribution in [1.82, 2.24) is 4.98 Å². The molecule has 1 N–H and O–H groups in total. The first-order chi connectivity index (χ1) is 9.85. The van der Waals surface area contributed by atoms with Gasteiger partial charge >= 0.3 is 5.97 Å². The van der Waals surface area contributed by atoms with Gasteiger partial charge in [0.05, 0.1) is 22.8 Å². The number of sulfonamides is 1. The molecule has 112 valence electrons. The first-order valence-electron chi connectivity index (χ1n) is 5.35. The largest absolute Gasteiger partial charge is 0.464 e. The van der Waals surface area contributed by atoms with Gasteiger partial charge in [-0.3, -0.25) is 4.72 Å². The van der Waals surface area contributed by atoms with E-state index in [2.05, 4.69) is 30.4 Å². The molecule has 0 atom stereocenters. The predicted molar refractivity (Wildman–Crippen MR) is 78.4 cm³/mol. The maximum Gasteiger partial charge on any atom is 0.358 e. The molecule has 0 saturated heterocycles. The Labute approximate surface area is 132 Å². The van der Waals surface area contributed by atoms with E-state index in [-0.39, 0.29) is 20.1 Å². The zero-order valence-corrected chi connectivity index (χ0v) is 13.7. The number of hydrogen-bond donors (Lipinski definition) is 1. The van der Waals surface area contributed by atoms with Crippen molar-refractivity contribution in [2.24, 2.45) is 0 Å². The van der Waals surface area contributed by atoms with Crippen LogP contribution in [0.2, 0.25) is 0 Å². The molecule has 21 heavy (non-hydrogen) atoms. The summed E-state index contributed by atoms with van der Waals surface area (Å²) >= 11 is 3.73. The number of esters is 1. The molecule has 0 radical (unpaired) electrons. The highest BCUT2D eigenvalue weighted by Crippen LogP contribution is 2.25. The number of methoxy groups -OCH3 is 1. The lowest BCUT2D eigenvalue weighted by molar-refractivity contribution is 0.0590. The van der Waals surface area contributed by atoms with Crippen LogP contribution in [0.15, 0.2) is 32.4 Å². The van der Waals surface area contributed by atoms with Crippen LogP contribution in [0.5, 0.6) is 0 Å². The molecule has 0 spiro atoms. The Kier molecular flexibility index (Phi) is 4.59. The Morgan fingerprint density at radius 2 is 2.19 bits per heavy atom. The molecule has 0 aliphatic heterocycles. The van der Waals surface area contributed by atoms with Gasteiger partial charge in [0.1, 0.15) is 5.82 Å². The number of benzene rings is 1. The molecule has 1 aromatic carbocycles. The van der Waals surface area contributed by atoms with Crippen molar-refractivity contribution in [2.45, 2.75) is 4.21 Å². The van der Waals surface area contributed by atoms with E-state index in [0.29, 0.717) is 0 Å². The Balaban J connectivity index is 2.37. The lowest BCUT2D eigenvalue weighted by Crippen LogP contribution is -2.16. The summed E-state index contributed by atoms with van der Waals surface area (Å²) in [5, 5.41) is 0. The van der Waals surface area contributed by atoms with E-state index < -0.39 is 21.8 Å². The smallest absolute Gasteiger partial charge is 0.358 e. The second-order valence-electron chi connectivity index (χ2n) is 3.71. The Hall–Kier alpha value is -1.52. The summed E-state index contributed by atoms with van der Waals surface area (Å²) in [6.07, 6.45) is 0.